The van der Waals surface area contributed by atoms with Crippen LogP contribution in [0.3, 0.4) is 0 Å². The van der Waals surface area contributed by atoms with Gasteiger partial charge in [0.15, 0.2) is 0 Å². The maximum atomic E-state index is 5.00. The molecule has 0 heterocycles. The fourth-order valence-corrected chi connectivity index (χ4v) is 0. The summed E-state index contributed by atoms with van der Waals surface area (Å²) < 4.78 is 0. The molecule has 0 aromatic heterocycles. The Bertz CT molecular complexity index is 7.61. The van der Waals surface area contributed by atoms with Crippen molar-refractivity contribution < 1.29 is 32.7 Å². The number of nitrogens with one attached hydrogen (secondary N) is 2. The molecule has 5 heavy (non-hydrogen) atoms. The minimum atomic E-state index is 0. The van der Waals surface area contributed by atoms with Gasteiger partial charge in [0.05, 0.1) is 0 Å². The molecular weight excluding hydrogens is 108 g/mol. The Hall–Kier alpha value is 0.234. The topological polar surface area (TPSA) is 105 Å². The Labute approximate surface area is 44.4 Å². The van der Waals surface area contributed by atoms with Gasteiger partial charge >= 0.3 is 21.7 Å². The van der Waals surface area contributed by atoms with Crippen LogP contribution in [0.25, 0.3) is 0 Å². The molecule has 0 saturated heterocycles. The van der Waals surface area contributed by atoms with E-state index in [1.165, 1.54) is 0 Å². The number of hydrogen-bond donors (Lipinski definition) is 2. The summed E-state index contributed by atoms with van der Waals surface area (Å²) in [5.41, 5.74) is 10.0. The fourth-order valence-electron chi connectivity index (χ4n) is 0. The molecule has 0 fully saturated rings. The summed E-state index contributed by atoms with van der Waals surface area (Å²) >= 11 is 0. The van der Waals surface area contributed by atoms with E-state index in [2.05, 4.69) is 0 Å². The monoisotopic (exact) mass is 110 g/mol. The van der Waals surface area contributed by atoms with E-state index in [1.807, 2.05) is 0 Å². The zero-order valence-corrected chi connectivity index (χ0v) is 3.88. The first-order valence-corrected chi connectivity index (χ1v) is 0.250. The summed E-state index contributed by atoms with van der Waals surface area (Å²) in [5, 5.41) is 0. The normalized spacial score (nSPS) is 0.800. The molecule has 0 radical (unpaired) electrons. The van der Waals surface area contributed by atoms with Crippen molar-refractivity contribution in [2.45, 2.75) is 0 Å². The summed E-state index contributed by atoms with van der Waals surface area (Å²) in [6, 6.07) is 0. The summed E-state index contributed by atoms with van der Waals surface area (Å²) in [5.74, 6) is 0. The predicted octanol–water partition coefficient (Wildman–Crippen LogP) is 0.356. The SMILES string of the molecule is N=N.[O-2].[O-2].[Ti+4]. The van der Waals surface area contributed by atoms with Gasteiger partial charge in [-0.05, 0) is 0 Å². The molecule has 28 valence electrons. The van der Waals surface area contributed by atoms with Gasteiger partial charge in [-0.25, -0.2) is 11.1 Å². The van der Waals surface area contributed by atoms with E-state index in [9.17, 15) is 0 Å². The molecule has 0 amide bonds. The van der Waals surface area contributed by atoms with Gasteiger partial charge in [0.2, 0.25) is 0 Å². The van der Waals surface area contributed by atoms with Crippen LogP contribution in [0.1, 0.15) is 0 Å². The van der Waals surface area contributed by atoms with Crippen LogP contribution >= 0.6 is 0 Å². The van der Waals surface area contributed by atoms with Crippen LogP contribution in [0, 0.1) is 11.1 Å². The summed E-state index contributed by atoms with van der Waals surface area (Å²) in [4.78, 5) is 0. The molecule has 0 atom stereocenters. The molecule has 2 N–H and O–H groups in total. The van der Waals surface area contributed by atoms with Crippen molar-refractivity contribution in [1.82, 2.24) is 0 Å². The molecule has 0 aromatic carbocycles. The third kappa shape index (κ3) is 385. The second-order valence-electron chi connectivity index (χ2n) is 0. The van der Waals surface area contributed by atoms with E-state index >= 15 is 0 Å². The Balaban J connectivity index is -0.00000000167. The van der Waals surface area contributed by atoms with E-state index in [-0.39, 0.29) is 32.7 Å². The maximum Gasteiger partial charge on any atom is 4.00 e. The van der Waals surface area contributed by atoms with E-state index in [0.717, 1.165) is 0 Å². The molecule has 0 bridgehead atoms. The molecule has 0 aliphatic heterocycles. The summed E-state index contributed by atoms with van der Waals surface area (Å²) in [7, 11) is 0. The number of hydrogen-bond acceptors (Lipinski definition) is 2. The van der Waals surface area contributed by atoms with Gasteiger partial charge in [0, 0.05) is 0 Å². The van der Waals surface area contributed by atoms with Crippen LogP contribution < -0.4 is 0 Å². The molecule has 0 rings (SSSR count). The van der Waals surface area contributed by atoms with Gasteiger partial charge in [-0.15, -0.1) is 0 Å². The Kier molecular flexibility index (Phi) is 9940. The third-order valence-electron chi connectivity index (χ3n) is 0. The number of rotatable bonds is 0. The standard InChI is InChI=1S/H2N2.2O.Ti/c1-2;;;/h1-2H;;;/q;2*-2;+4. The van der Waals surface area contributed by atoms with E-state index < -0.39 is 0 Å². The van der Waals surface area contributed by atoms with Crippen molar-refractivity contribution in [3.05, 3.63) is 0 Å². The average Bonchev–Trinajstić information content (AvgIpc) is 1.00. The molecule has 0 spiro atoms. The fraction of sp³-hybridized carbons (Fsp3) is 0. The summed E-state index contributed by atoms with van der Waals surface area (Å²) in [6.07, 6.45) is 0. The molecular formula is H2N2O2Ti. The van der Waals surface area contributed by atoms with Crippen molar-refractivity contribution in [3.63, 3.8) is 0 Å². The quantitative estimate of drug-likeness (QED) is 0.331. The molecule has 5 heteroatoms. The molecule has 0 saturated carbocycles. The van der Waals surface area contributed by atoms with Crippen LogP contribution in [0.4, 0.5) is 0 Å². The third-order valence-corrected chi connectivity index (χ3v) is 0. The van der Waals surface area contributed by atoms with Crippen LogP contribution in [0.5, 0.6) is 0 Å². The van der Waals surface area contributed by atoms with Crippen LogP contribution in [0.15, 0.2) is 0 Å². The molecule has 4 nitrogen and oxygen atoms in total. The minimum Gasteiger partial charge on any atom is -2.00 e. The second kappa shape index (κ2) is 807. The zero-order valence-electron chi connectivity index (χ0n) is 2.32. The Morgan fingerprint density at radius 2 is 0.800 bits per heavy atom. The van der Waals surface area contributed by atoms with Gasteiger partial charge in [-0.3, -0.25) is 0 Å². The second-order valence-corrected chi connectivity index (χ2v) is 0. The van der Waals surface area contributed by atoms with Gasteiger partial charge in [-0.2, -0.15) is 0 Å². The first-order valence-electron chi connectivity index (χ1n) is 0.250. The van der Waals surface area contributed by atoms with Gasteiger partial charge in [-0.1, -0.05) is 0 Å². The van der Waals surface area contributed by atoms with Crippen molar-refractivity contribution in [3.8, 4) is 0 Å². The van der Waals surface area contributed by atoms with Crippen molar-refractivity contribution in [2.75, 3.05) is 0 Å². The molecule has 0 aromatic rings. The van der Waals surface area contributed by atoms with Gasteiger partial charge < -0.3 is 11.0 Å². The summed E-state index contributed by atoms with van der Waals surface area (Å²) in [6.45, 7) is 0. The van der Waals surface area contributed by atoms with E-state index in [0.29, 0.717) is 0 Å². The van der Waals surface area contributed by atoms with E-state index in [4.69, 9.17) is 11.1 Å². The van der Waals surface area contributed by atoms with Crippen LogP contribution in [-0.2, 0) is 32.7 Å². The first-order chi connectivity index (χ1) is 1.00. The predicted molar refractivity (Wildman–Crippen MR) is 6.81 cm³/mol. The maximum absolute atomic E-state index is 5.00. The zero-order chi connectivity index (χ0) is 2.00. The van der Waals surface area contributed by atoms with E-state index in [1.54, 1.807) is 0 Å². The van der Waals surface area contributed by atoms with Crippen molar-refractivity contribution in [1.29, 1.82) is 11.1 Å². The van der Waals surface area contributed by atoms with Gasteiger partial charge in [0.25, 0.3) is 0 Å². The van der Waals surface area contributed by atoms with Crippen LogP contribution in [0.2, 0.25) is 0 Å². The average molecular weight is 110 g/mol. The largest absolute Gasteiger partial charge is 4.00 e. The minimum absolute atomic E-state index is 0. The molecule has 0 aliphatic carbocycles. The first kappa shape index (κ1) is 61.6. The molecule has 0 unspecified atom stereocenters. The Morgan fingerprint density at radius 1 is 0.800 bits per heavy atom. The van der Waals surface area contributed by atoms with Crippen molar-refractivity contribution >= 4 is 0 Å². The smallest absolute Gasteiger partial charge is 2.00 e. The molecule has 0 aliphatic rings. The van der Waals surface area contributed by atoms with Gasteiger partial charge in [0.1, 0.15) is 0 Å². The Morgan fingerprint density at radius 3 is 0.800 bits per heavy atom. The van der Waals surface area contributed by atoms with Crippen molar-refractivity contribution in [2.24, 2.45) is 0 Å². The van der Waals surface area contributed by atoms with Crippen LogP contribution in [-0.4, -0.2) is 0 Å².